The van der Waals surface area contributed by atoms with Crippen molar-refractivity contribution in [1.82, 2.24) is 10.2 Å². The quantitative estimate of drug-likeness (QED) is 0.744. The SMILES string of the molecule is COc1cccc(O)c1C(=O)NCCCN(C)C. The van der Waals surface area contributed by atoms with E-state index in [4.69, 9.17) is 4.74 Å². The van der Waals surface area contributed by atoms with Gasteiger partial charge >= 0.3 is 0 Å². The number of hydrogen-bond acceptors (Lipinski definition) is 4. The Morgan fingerprint density at radius 3 is 2.78 bits per heavy atom. The van der Waals surface area contributed by atoms with Gasteiger partial charge in [-0.25, -0.2) is 0 Å². The molecule has 18 heavy (non-hydrogen) atoms. The molecule has 1 amide bonds. The number of benzene rings is 1. The van der Waals surface area contributed by atoms with Crippen molar-refractivity contribution in [3.8, 4) is 11.5 Å². The van der Waals surface area contributed by atoms with Crippen LogP contribution >= 0.6 is 0 Å². The highest BCUT2D eigenvalue weighted by molar-refractivity contribution is 5.99. The number of nitrogens with zero attached hydrogens (tertiary/aromatic N) is 1. The molecule has 0 bridgehead atoms. The molecule has 0 heterocycles. The Morgan fingerprint density at radius 1 is 1.44 bits per heavy atom. The first-order chi connectivity index (χ1) is 8.56. The van der Waals surface area contributed by atoms with Crippen LogP contribution in [-0.2, 0) is 0 Å². The number of hydrogen-bond donors (Lipinski definition) is 2. The molecule has 0 aliphatic rings. The van der Waals surface area contributed by atoms with E-state index >= 15 is 0 Å². The maximum atomic E-state index is 11.9. The summed E-state index contributed by atoms with van der Waals surface area (Å²) in [6.45, 7) is 1.46. The topological polar surface area (TPSA) is 61.8 Å². The Morgan fingerprint density at radius 2 is 2.17 bits per heavy atom. The van der Waals surface area contributed by atoms with Crippen molar-refractivity contribution in [3.05, 3.63) is 23.8 Å². The molecule has 0 radical (unpaired) electrons. The molecule has 2 N–H and O–H groups in total. The molecular weight excluding hydrogens is 232 g/mol. The molecule has 0 saturated carbocycles. The second kappa shape index (κ2) is 6.86. The monoisotopic (exact) mass is 252 g/mol. The fourth-order valence-electron chi connectivity index (χ4n) is 1.60. The van der Waals surface area contributed by atoms with Crippen molar-refractivity contribution in [2.75, 3.05) is 34.3 Å². The van der Waals surface area contributed by atoms with Gasteiger partial charge in [-0.3, -0.25) is 4.79 Å². The number of phenolic OH excluding ortho intramolecular Hbond substituents is 1. The summed E-state index contributed by atoms with van der Waals surface area (Å²) in [5.74, 6) is -0.0109. The normalized spacial score (nSPS) is 10.4. The van der Waals surface area contributed by atoms with Crippen LogP contribution in [0.25, 0.3) is 0 Å². The third kappa shape index (κ3) is 3.92. The van der Waals surface area contributed by atoms with E-state index in [1.807, 2.05) is 19.0 Å². The number of nitrogens with one attached hydrogen (secondary N) is 1. The van der Waals surface area contributed by atoms with Gasteiger partial charge in [-0.2, -0.15) is 0 Å². The highest BCUT2D eigenvalue weighted by Crippen LogP contribution is 2.26. The van der Waals surface area contributed by atoms with Crippen LogP contribution < -0.4 is 10.1 Å². The summed E-state index contributed by atoms with van der Waals surface area (Å²) >= 11 is 0. The second-order valence-corrected chi connectivity index (χ2v) is 4.27. The number of amides is 1. The van der Waals surface area contributed by atoms with Gasteiger partial charge in [-0.15, -0.1) is 0 Å². The number of carbonyl (C=O) groups excluding carboxylic acids is 1. The van der Waals surface area contributed by atoms with Crippen LogP contribution in [0.4, 0.5) is 0 Å². The standard InChI is InChI=1S/C13H20N2O3/c1-15(2)9-5-8-14-13(17)12-10(16)6-4-7-11(12)18-3/h4,6-7,16H,5,8-9H2,1-3H3,(H,14,17). The largest absolute Gasteiger partial charge is 0.507 e. The summed E-state index contributed by atoms with van der Waals surface area (Å²) in [4.78, 5) is 14.0. The van der Waals surface area contributed by atoms with Crippen LogP contribution in [0.3, 0.4) is 0 Å². The molecule has 0 spiro atoms. The molecule has 0 fully saturated rings. The third-order valence-corrected chi connectivity index (χ3v) is 2.52. The Balaban J connectivity index is 2.61. The van der Waals surface area contributed by atoms with Gasteiger partial charge in [0, 0.05) is 6.54 Å². The van der Waals surface area contributed by atoms with Gasteiger partial charge in [-0.05, 0) is 39.2 Å². The molecule has 0 atom stereocenters. The maximum Gasteiger partial charge on any atom is 0.258 e. The van der Waals surface area contributed by atoms with Crippen LogP contribution in [0.2, 0.25) is 0 Å². The lowest BCUT2D eigenvalue weighted by molar-refractivity contribution is 0.0946. The lowest BCUT2D eigenvalue weighted by atomic mass is 10.1. The van der Waals surface area contributed by atoms with Crippen LogP contribution in [0.5, 0.6) is 11.5 Å². The summed E-state index contributed by atoms with van der Waals surface area (Å²) < 4.78 is 5.06. The minimum Gasteiger partial charge on any atom is -0.507 e. The zero-order chi connectivity index (χ0) is 13.5. The molecule has 5 heteroatoms. The average molecular weight is 252 g/mol. The highest BCUT2D eigenvalue weighted by atomic mass is 16.5. The van der Waals surface area contributed by atoms with Gasteiger partial charge in [0.05, 0.1) is 7.11 Å². The van der Waals surface area contributed by atoms with Gasteiger partial charge in [-0.1, -0.05) is 6.07 Å². The first kappa shape index (κ1) is 14.3. The van der Waals surface area contributed by atoms with Gasteiger partial charge in [0.25, 0.3) is 5.91 Å². The van der Waals surface area contributed by atoms with E-state index < -0.39 is 0 Å². The number of carbonyl (C=O) groups is 1. The molecule has 1 rings (SSSR count). The first-order valence-electron chi connectivity index (χ1n) is 5.85. The third-order valence-electron chi connectivity index (χ3n) is 2.52. The van der Waals surface area contributed by atoms with E-state index in [-0.39, 0.29) is 17.2 Å². The molecule has 0 aromatic heterocycles. The van der Waals surface area contributed by atoms with Crippen molar-refractivity contribution in [2.45, 2.75) is 6.42 Å². The molecule has 0 unspecified atom stereocenters. The Labute approximate surface area is 107 Å². The summed E-state index contributed by atoms with van der Waals surface area (Å²) in [6, 6.07) is 4.75. The Hall–Kier alpha value is -1.75. The van der Waals surface area contributed by atoms with Gasteiger partial charge in [0.1, 0.15) is 17.1 Å². The number of aromatic hydroxyl groups is 1. The van der Waals surface area contributed by atoms with Crippen molar-refractivity contribution < 1.29 is 14.6 Å². The van der Waals surface area contributed by atoms with Gasteiger partial charge in [0.15, 0.2) is 0 Å². The van der Waals surface area contributed by atoms with Crippen molar-refractivity contribution >= 4 is 5.91 Å². The molecule has 0 aliphatic carbocycles. The first-order valence-corrected chi connectivity index (χ1v) is 5.85. The minimum absolute atomic E-state index is 0.0699. The summed E-state index contributed by atoms with van der Waals surface area (Å²) in [6.07, 6.45) is 0.856. The summed E-state index contributed by atoms with van der Waals surface area (Å²) in [5, 5.41) is 12.5. The Kier molecular flexibility index (Phi) is 5.45. The number of ether oxygens (including phenoxy) is 1. The number of phenols is 1. The zero-order valence-electron chi connectivity index (χ0n) is 11.1. The molecule has 5 nitrogen and oxygen atoms in total. The van der Waals surface area contributed by atoms with Crippen molar-refractivity contribution in [1.29, 1.82) is 0 Å². The summed E-state index contributed by atoms with van der Waals surface area (Å²) in [5.41, 5.74) is 0.185. The lowest BCUT2D eigenvalue weighted by Crippen LogP contribution is -2.27. The van der Waals surface area contributed by atoms with E-state index in [0.717, 1.165) is 13.0 Å². The van der Waals surface area contributed by atoms with E-state index in [1.54, 1.807) is 12.1 Å². The fourth-order valence-corrected chi connectivity index (χ4v) is 1.60. The van der Waals surface area contributed by atoms with Crippen LogP contribution in [-0.4, -0.2) is 50.2 Å². The van der Waals surface area contributed by atoms with Crippen molar-refractivity contribution in [3.63, 3.8) is 0 Å². The molecule has 0 saturated heterocycles. The average Bonchev–Trinajstić information content (AvgIpc) is 2.33. The number of methoxy groups -OCH3 is 1. The highest BCUT2D eigenvalue weighted by Gasteiger charge is 2.16. The molecule has 0 aliphatic heterocycles. The zero-order valence-corrected chi connectivity index (χ0v) is 11.1. The van der Waals surface area contributed by atoms with E-state index in [9.17, 15) is 9.90 Å². The fraction of sp³-hybridized carbons (Fsp3) is 0.462. The van der Waals surface area contributed by atoms with Crippen LogP contribution in [0.15, 0.2) is 18.2 Å². The van der Waals surface area contributed by atoms with Gasteiger partial charge in [0.2, 0.25) is 0 Å². The Bertz CT molecular complexity index is 405. The van der Waals surface area contributed by atoms with Crippen LogP contribution in [0, 0.1) is 0 Å². The molecule has 1 aromatic carbocycles. The summed E-state index contributed by atoms with van der Waals surface area (Å²) in [7, 11) is 5.43. The van der Waals surface area contributed by atoms with E-state index in [1.165, 1.54) is 13.2 Å². The second-order valence-electron chi connectivity index (χ2n) is 4.27. The predicted molar refractivity (Wildman–Crippen MR) is 70.2 cm³/mol. The van der Waals surface area contributed by atoms with Gasteiger partial charge < -0.3 is 20.1 Å². The predicted octanol–water partition coefficient (Wildman–Crippen LogP) is 1.08. The van der Waals surface area contributed by atoms with Crippen molar-refractivity contribution in [2.24, 2.45) is 0 Å². The van der Waals surface area contributed by atoms with E-state index in [2.05, 4.69) is 5.32 Å². The van der Waals surface area contributed by atoms with E-state index in [0.29, 0.717) is 12.3 Å². The minimum atomic E-state index is -0.316. The molecule has 100 valence electrons. The lowest BCUT2D eigenvalue weighted by Gasteiger charge is -2.12. The number of rotatable bonds is 6. The maximum absolute atomic E-state index is 11.9. The van der Waals surface area contributed by atoms with Crippen LogP contribution in [0.1, 0.15) is 16.8 Å². The molecule has 1 aromatic rings. The molecular formula is C13H20N2O3. The smallest absolute Gasteiger partial charge is 0.258 e.